The van der Waals surface area contributed by atoms with E-state index in [4.69, 9.17) is 14.2 Å². The smallest absolute Gasteiger partial charge is 0.243 e. The third-order valence-electron chi connectivity index (χ3n) is 5.03. The third kappa shape index (κ3) is 3.75. The van der Waals surface area contributed by atoms with Gasteiger partial charge in [0.05, 0.1) is 11.5 Å². The molecule has 2 aromatic rings. The molecular weight excluding hydrogens is 366 g/mol. The summed E-state index contributed by atoms with van der Waals surface area (Å²) in [6, 6.07) is 12.6. The number of nitrogens with zero attached hydrogens (tertiary/aromatic N) is 1. The number of piperidine rings is 1. The first-order valence-electron chi connectivity index (χ1n) is 9.12. The quantitative estimate of drug-likeness (QED) is 0.786. The van der Waals surface area contributed by atoms with E-state index in [0.29, 0.717) is 31.2 Å². The number of benzene rings is 2. The first-order valence-corrected chi connectivity index (χ1v) is 10.6. The summed E-state index contributed by atoms with van der Waals surface area (Å²) in [5.74, 6) is 2.08. The summed E-state index contributed by atoms with van der Waals surface area (Å²) in [6.45, 7) is 3.63. The van der Waals surface area contributed by atoms with E-state index in [1.807, 2.05) is 31.2 Å². The average Bonchev–Trinajstić information content (AvgIpc) is 3.15. The summed E-state index contributed by atoms with van der Waals surface area (Å²) in [4.78, 5) is 0.243. The Bertz CT molecular complexity index is 928. The van der Waals surface area contributed by atoms with Gasteiger partial charge in [0.15, 0.2) is 11.5 Å². The van der Waals surface area contributed by atoms with Gasteiger partial charge in [0.1, 0.15) is 5.75 Å². The molecule has 2 aliphatic rings. The number of aryl methyl sites for hydroxylation is 1. The zero-order chi connectivity index (χ0) is 18.9. The van der Waals surface area contributed by atoms with Gasteiger partial charge < -0.3 is 14.2 Å². The van der Waals surface area contributed by atoms with Crippen molar-refractivity contribution in [2.45, 2.75) is 24.7 Å². The van der Waals surface area contributed by atoms with E-state index >= 15 is 0 Å². The highest BCUT2D eigenvalue weighted by Crippen LogP contribution is 2.35. The minimum atomic E-state index is -3.57. The van der Waals surface area contributed by atoms with Gasteiger partial charge in [0, 0.05) is 25.1 Å². The van der Waals surface area contributed by atoms with Crippen molar-refractivity contribution >= 4 is 10.0 Å². The van der Waals surface area contributed by atoms with E-state index in [9.17, 15) is 8.42 Å². The van der Waals surface area contributed by atoms with Crippen LogP contribution in [-0.2, 0) is 10.0 Å². The van der Waals surface area contributed by atoms with Gasteiger partial charge in [-0.15, -0.1) is 0 Å². The Balaban J connectivity index is 1.45. The summed E-state index contributed by atoms with van der Waals surface area (Å²) in [6.07, 6.45) is 1.78. The van der Waals surface area contributed by atoms with Crippen molar-refractivity contribution < 1.29 is 22.6 Å². The largest absolute Gasteiger partial charge is 0.493 e. The van der Waals surface area contributed by atoms with Crippen LogP contribution < -0.4 is 14.2 Å². The van der Waals surface area contributed by atoms with Gasteiger partial charge in [-0.3, -0.25) is 0 Å². The standard InChI is InChI=1S/C20H23NO5S/c1-15-5-2-3-7-18(15)24-13-16-6-4-10-21(12-16)27(22,23)17-8-9-19-20(11-17)26-14-25-19/h2-3,5,7-9,11,16H,4,6,10,12-14H2,1H3. The third-order valence-corrected chi connectivity index (χ3v) is 6.89. The zero-order valence-corrected chi connectivity index (χ0v) is 16.1. The highest BCUT2D eigenvalue weighted by molar-refractivity contribution is 7.89. The number of ether oxygens (including phenoxy) is 3. The number of hydrogen-bond donors (Lipinski definition) is 0. The summed E-state index contributed by atoms with van der Waals surface area (Å²) in [5.41, 5.74) is 1.08. The Morgan fingerprint density at radius 3 is 2.81 bits per heavy atom. The van der Waals surface area contributed by atoms with Crippen molar-refractivity contribution in [2.75, 3.05) is 26.5 Å². The maximum atomic E-state index is 13.0. The molecule has 1 fully saturated rings. The average molecular weight is 389 g/mol. The summed E-state index contributed by atoms with van der Waals surface area (Å²) < 4.78 is 44.2. The van der Waals surface area contributed by atoms with Gasteiger partial charge in [-0.2, -0.15) is 4.31 Å². The van der Waals surface area contributed by atoms with Crippen molar-refractivity contribution in [2.24, 2.45) is 5.92 Å². The number of fused-ring (bicyclic) bond motifs is 1. The van der Waals surface area contributed by atoms with Crippen LogP contribution in [0, 0.1) is 12.8 Å². The van der Waals surface area contributed by atoms with Crippen LogP contribution >= 0.6 is 0 Å². The first kappa shape index (κ1) is 18.1. The van der Waals surface area contributed by atoms with Crippen molar-refractivity contribution in [1.29, 1.82) is 0 Å². The van der Waals surface area contributed by atoms with Crippen LogP contribution in [0.15, 0.2) is 47.4 Å². The molecule has 2 aliphatic heterocycles. The topological polar surface area (TPSA) is 65.1 Å². The molecule has 0 aliphatic carbocycles. The highest BCUT2D eigenvalue weighted by atomic mass is 32.2. The van der Waals surface area contributed by atoms with Gasteiger partial charge >= 0.3 is 0 Å². The molecular formula is C20H23NO5S. The number of hydrogen-bond acceptors (Lipinski definition) is 5. The van der Waals surface area contributed by atoms with Crippen molar-refractivity contribution in [1.82, 2.24) is 4.31 Å². The van der Waals surface area contributed by atoms with Gasteiger partial charge in [0.2, 0.25) is 16.8 Å². The molecule has 0 spiro atoms. The minimum absolute atomic E-state index is 0.126. The molecule has 1 atom stereocenters. The zero-order valence-electron chi connectivity index (χ0n) is 15.3. The molecule has 0 saturated carbocycles. The summed E-state index contributed by atoms with van der Waals surface area (Å²) in [5, 5.41) is 0. The van der Waals surface area contributed by atoms with Crippen LogP contribution in [0.5, 0.6) is 17.2 Å². The van der Waals surface area contributed by atoms with Crippen LogP contribution in [-0.4, -0.2) is 39.2 Å². The number of rotatable bonds is 5. The van der Waals surface area contributed by atoms with Crippen molar-refractivity contribution in [3.05, 3.63) is 48.0 Å². The highest BCUT2D eigenvalue weighted by Gasteiger charge is 2.31. The minimum Gasteiger partial charge on any atom is -0.493 e. The van der Waals surface area contributed by atoms with Crippen LogP contribution in [0.1, 0.15) is 18.4 Å². The molecule has 27 heavy (non-hydrogen) atoms. The summed E-state index contributed by atoms with van der Waals surface area (Å²) in [7, 11) is -3.57. The van der Waals surface area contributed by atoms with Crippen LogP contribution in [0.2, 0.25) is 0 Å². The predicted molar refractivity (Wildman–Crippen MR) is 101 cm³/mol. The Hall–Kier alpha value is -2.25. The Kier molecular flexibility index (Phi) is 4.97. The fourth-order valence-electron chi connectivity index (χ4n) is 3.49. The van der Waals surface area contributed by atoms with E-state index < -0.39 is 10.0 Å². The summed E-state index contributed by atoms with van der Waals surface area (Å²) >= 11 is 0. The number of para-hydroxylation sites is 1. The molecule has 1 saturated heterocycles. The fourth-order valence-corrected chi connectivity index (χ4v) is 5.06. The lowest BCUT2D eigenvalue weighted by molar-refractivity contribution is 0.173. The maximum absolute atomic E-state index is 13.0. The molecule has 0 N–H and O–H groups in total. The van der Waals surface area contributed by atoms with Crippen LogP contribution in [0.25, 0.3) is 0 Å². The molecule has 2 heterocycles. The second-order valence-electron chi connectivity index (χ2n) is 6.96. The van der Waals surface area contributed by atoms with E-state index in [-0.39, 0.29) is 17.6 Å². The lowest BCUT2D eigenvalue weighted by atomic mass is 10.0. The Labute approximate surface area is 159 Å². The van der Waals surface area contributed by atoms with Gasteiger partial charge in [-0.05, 0) is 43.5 Å². The van der Waals surface area contributed by atoms with Gasteiger partial charge in [0.25, 0.3) is 0 Å². The first-order chi connectivity index (χ1) is 13.0. The SMILES string of the molecule is Cc1ccccc1OCC1CCCN(S(=O)(=O)c2ccc3c(c2)OCO3)C1. The number of sulfonamides is 1. The molecule has 2 aromatic carbocycles. The van der Waals surface area contributed by atoms with Crippen molar-refractivity contribution in [3.63, 3.8) is 0 Å². The van der Waals surface area contributed by atoms with Gasteiger partial charge in [-0.1, -0.05) is 18.2 Å². The second-order valence-corrected chi connectivity index (χ2v) is 8.90. The van der Waals surface area contributed by atoms with Crippen LogP contribution in [0.3, 0.4) is 0 Å². The normalized spacial score (nSPS) is 19.8. The second kappa shape index (κ2) is 7.40. The molecule has 144 valence electrons. The lowest BCUT2D eigenvalue weighted by Crippen LogP contribution is -2.41. The van der Waals surface area contributed by atoms with E-state index in [0.717, 1.165) is 24.2 Å². The molecule has 0 aromatic heterocycles. The molecule has 7 heteroatoms. The Morgan fingerprint density at radius 2 is 1.96 bits per heavy atom. The Morgan fingerprint density at radius 1 is 1.15 bits per heavy atom. The predicted octanol–water partition coefficient (Wildman–Crippen LogP) is 3.20. The van der Waals surface area contributed by atoms with E-state index in [1.165, 1.54) is 0 Å². The lowest BCUT2D eigenvalue weighted by Gasteiger charge is -2.32. The molecule has 1 unspecified atom stereocenters. The molecule has 0 amide bonds. The molecule has 6 nitrogen and oxygen atoms in total. The molecule has 0 bridgehead atoms. The van der Waals surface area contributed by atoms with E-state index in [1.54, 1.807) is 22.5 Å². The van der Waals surface area contributed by atoms with E-state index in [2.05, 4.69) is 0 Å². The fraction of sp³-hybridized carbons (Fsp3) is 0.400. The maximum Gasteiger partial charge on any atom is 0.243 e. The molecule has 0 radical (unpaired) electrons. The van der Waals surface area contributed by atoms with Crippen molar-refractivity contribution in [3.8, 4) is 17.2 Å². The monoisotopic (exact) mass is 389 g/mol. The molecule has 4 rings (SSSR count). The van der Waals surface area contributed by atoms with Gasteiger partial charge in [-0.25, -0.2) is 8.42 Å². The van der Waals surface area contributed by atoms with Crippen LogP contribution in [0.4, 0.5) is 0 Å².